The van der Waals surface area contributed by atoms with Crippen LogP contribution in [0.4, 0.5) is 10.3 Å². The first-order chi connectivity index (χ1) is 12.6. The van der Waals surface area contributed by atoms with Crippen LogP contribution in [0.5, 0.6) is 0 Å². The van der Waals surface area contributed by atoms with Gasteiger partial charge in [0.05, 0.1) is 11.2 Å². The van der Waals surface area contributed by atoms with Gasteiger partial charge in [0, 0.05) is 49.4 Å². The summed E-state index contributed by atoms with van der Waals surface area (Å²) in [6, 6.07) is 7.07. The molecule has 1 aromatic carbocycles. The van der Waals surface area contributed by atoms with Crippen molar-refractivity contribution in [3.05, 3.63) is 47.7 Å². The molecule has 0 amide bonds. The lowest BCUT2D eigenvalue weighted by Gasteiger charge is -2.36. The molecule has 7 heteroatoms. The van der Waals surface area contributed by atoms with Crippen LogP contribution in [-0.2, 0) is 6.54 Å². The maximum atomic E-state index is 13.4. The standard InChI is InChI=1S/C19H22FN5O/c1-13-9-16(23-26-13)12-24(2)17-5-7-25(8-6-17)19-21-11-14-3-4-15(20)10-18(14)22-19/h3-4,9-11,17H,5-8,12H2,1-2H3. The molecule has 136 valence electrons. The summed E-state index contributed by atoms with van der Waals surface area (Å²) >= 11 is 0. The van der Waals surface area contributed by atoms with Crippen LogP contribution in [0.15, 0.2) is 35.0 Å². The molecule has 0 atom stereocenters. The van der Waals surface area contributed by atoms with Crippen molar-refractivity contribution in [2.24, 2.45) is 0 Å². The minimum atomic E-state index is -0.273. The third kappa shape index (κ3) is 3.53. The molecule has 6 nitrogen and oxygen atoms in total. The zero-order valence-electron chi connectivity index (χ0n) is 15.0. The summed E-state index contributed by atoms with van der Waals surface area (Å²) in [5, 5.41) is 4.93. The van der Waals surface area contributed by atoms with Crippen LogP contribution in [0.25, 0.3) is 10.9 Å². The van der Waals surface area contributed by atoms with Crippen molar-refractivity contribution in [1.29, 1.82) is 0 Å². The highest BCUT2D eigenvalue weighted by molar-refractivity contribution is 5.78. The van der Waals surface area contributed by atoms with E-state index in [2.05, 4.69) is 32.0 Å². The number of halogens is 1. The minimum Gasteiger partial charge on any atom is -0.361 e. The lowest BCUT2D eigenvalue weighted by atomic mass is 10.0. The molecular weight excluding hydrogens is 333 g/mol. The van der Waals surface area contributed by atoms with Crippen molar-refractivity contribution in [2.75, 3.05) is 25.0 Å². The van der Waals surface area contributed by atoms with Crippen LogP contribution in [0, 0.1) is 12.7 Å². The van der Waals surface area contributed by atoms with Crippen molar-refractivity contribution in [2.45, 2.75) is 32.4 Å². The average molecular weight is 355 g/mol. The van der Waals surface area contributed by atoms with Crippen molar-refractivity contribution in [1.82, 2.24) is 20.0 Å². The van der Waals surface area contributed by atoms with Gasteiger partial charge >= 0.3 is 0 Å². The van der Waals surface area contributed by atoms with Crippen LogP contribution in [0.2, 0.25) is 0 Å². The molecule has 1 aliphatic heterocycles. The van der Waals surface area contributed by atoms with Gasteiger partial charge in [-0.3, -0.25) is 4.90 Å². The Kier molecular flexibility index (Phi) is 4.55. The summed E-state index contributed by atoms with van der Waals surface area (Å²) in [4.78, 5) is 13.5. The van der Waals surface area contributed by atoms with Gasteiger partial charge in [-0.25, -0.2) is 14.4 Å². The van der Waals surface area contributed by atoms with E-state index >= 15 is 0 Å². The highest BCUT2D eigenvalue weighted by Crippen LogP contribution is 2.22. The molecule has 0 saturated carbocycles. The topological polar surface area (TPSA) is 58.3 Å². The molecule has 0 bridgehead atoms. The number of hydrogen-bond acceptors (Lipinski definition) is 6. The second kappa shape index (κ2) is 6.99. The van der Waals surface area contributed by atoms with Crippen LogP contribution in [-0.4, -0.2) is 46.2 Å². The van der Waals surface area contributed by atoms with Gasteiger partial charge in [0.2, 0.25) is 5.95 Å². The Labute approximate surface area is 151 Å². The average Bonchev–Trinajstić information content (AvgIpc) is 3.06. The van der Waals surface area contributed by atoms with Gasteiger partial charge in [-0.05, 0) is 38.9 Å². The van der Waals surface area contributed by atoms with E-state index in [9.17, 15) is 4.39 Å². The fourth-order valence-electron chi connectivity index (χ4n) is 3.52. The predicted molar refractivity (Wildman–Crippen MR) is 97.4 cm³/mol. The number of fused-ring (bicyclic) bond motifs is 1. The molecule has 3 aromatic rings. The maximum absolute atomic E-state index is 13.4. The van der Waals surface area contributed by atoms with E-state index in [1.807, 2.05) is 13.0 Å². The summed E-state index contributed by atoms with van der Waals surface area (Å²) in [6.45, 7) is 4.46. The molecule has 0 spiro atoms. The van der Waals surface area contributed by atoms with Gasteiger partial charge in [-0.2, -0.15) is 0 Å². The molecule has 3 heterocycles. The van der Waals surface area contributed by atoms with Crippen LogP contribution < -0.4 is 4.90 Å². The number of hydrogen-bond donors (Lipinski definition) is 0. The molecule has 0 unspecified atom stereocenters. The largest absolute Gasteiger partial charge is 0.361 e. The fourth-order valence-corrected chi connectivity index (χ4v) is 3.52. The fraction of sp³-hybridized carbons (Fsp3) is 0.421. The van der Waals surface area contributed by atoms with E-state index in [0.717, 1.165) is 49.3 Å². The minimum absolute atomic E-state index is 0.273. The number of nitrogens with zero attached hydrogens (tertiary/aromatic N) is 5. The second-order valence-electron chi connectivity index (χ2n) is 6.94. The second-order valence-corrected chi connectivity index (χ2v) is 6.94. The van der Waals surface area contributed by atoms with Crippen molar-refractivity contribution >= 4 is 16.9 Å². The summed E-state index contributed by atoms with van der Waals surface area (Å²) in [6.07, 6.45) is 3.82. The normalized spacial score (nSPS) is 15.9. The van der Waals surface area contributed by atoms with E-state index in [1.54, 1.807) is 12.3 Å². The Bertz CT molecular complexity index is 904. The zero-order valence-corrected chi connectivity index (χ0v) is 15.0. The number of piperidine rings is 1. The molecule has 0 radical (unpaired) electrons. The first-order valence-electron chi connectivity index (χ1n) is 8.88. The van der Waals surface area contributed by atoms with Crippen molar-refractivity contribution in [3.63, 3.8) is 0 Å². The highest BCUT2D eigenvalue weighted by atomic mass is 19.1. The SMILES string of the molecule is Cc1cc(CN(C)C2CCN(c3ncc4ccc(F)cc4n3)CC2)no1. The predicted octanol–water partition coefficient (Wildman–Crippen LogP) is 3.17. The smallest absolute Gasteiger partial charge is 0.225 e. The number of aryl methyl sites for hydroxylation is 1. The molecule has 4 rings (SSSR count). The zero-order chi connectivity index (χ0) is 18.1. The van der Waals surface area contributed by atoms with Gasteiger partial charge in [0.1, 0.15) is 11.6 Å². The van der Waals surface area contributed by atoms with Gasteiger partial charge < -0.3 is 9.42 Å². The summed E-state index contributed by atoms with van der Waals surface area (Å²) in [5.74, 6) is 1.25. The first-order valence-corrected chi connectivity index (χ1v) is 8.88. The Morgan fingerprint density at radius 2 is 2.08 bits per heavy atom. The Balaban J connectivity index is 1.40. The molecule has 2 aromatic heterocycles. The van der Waals surface area contributed by atoms with Gasteiger partial charge in [-0.15, -0.1) is 0 Å². The molecule has 26 heavy (non-hydrogen) atoms. The van der Waals surface area contributed by atoms with Crippen LogP contribution in [0.3, 0.4) is 0 Å². The molecule has 1 saturated heterocycles. The lowest BCUT2D eigenvalue weighted by Crippen LogP contribution is -2.43. The number of anilines is 1. The van der Waals surface area contributed by atoms with E-state index in [0.29, 0.717) is 17.5 Å². The van der Waals surface area contributed by atoms with Crippen LogP contribution in [0.1, 0.15) is 24.3 Å². The first kappa shape index (κ1) is 16.9. The Morgan fingerprint density at radius 3 is 2.81 bits per heavy atom. The van der Waals surface area contributed by atoms with Gasteiger partial charge in [-0.1, -0.05) is 5.16 Å². The van der Waals surface area contributed by atoms with Crippen molar-refractivity contribution in [3.8, 4) is 0 Å². The third-order valence-electron chi connectivity index (χ3n) is 4.99. The van der Waals surface area contributed by atoms with E-state index < -0.39 is 0 Å². The lowest BCUT2D eigenvalue weighted by molar-refractivity contribution is 0.195. The van der Waals surface area contributed by atoms with Crippen LogP contribution >= 0.6 is 0 Å². The molecular formula is C19H22FN5O. The number of rotatable bonds is 4. The number of aromatic nitrogens is 3. The van der Waals surface area contributed by atoms with E-state index in [1.165, 1.54) is 12.1 Å². The number of benzene rings is 1. The molecule has 1 fully saturated rings. The van der Waals surface area contributed by atoms with E-state index in [4.69, 9.17) is 4.52 Å². The van der Waals surface area contributed by atoms with E-state index in [-0.39, 0.29) is 5.82 Å². The van der Waals surface area contributed by atoms with Crippen molar-refractivity contribution < 1.29 is 8.91 Å². The van der Waals surface area contributed by atoms with Gasteiger partial charge in [0.25, 0.3) is 0 Å². The Hall–Kier alpha value is -2.54. The van der Waals surface area contributed by atoms with Gasteiger partial charge in [0.15, 0.2) is 0 Å². The molecule has 0 aliphatic carbocycles. The summed E-state index contributed by atoms with van der Waals surface area (Å²) < 4.78 is 18.6. The summed E-state index contributed by atoms with van der Waals surface area (Å²) in [7, 11) is 2.12. The third-order valence-corrected chi connectivity index (χ3v) is 4.99. The quantitative estimate of drug-likeness (QED) is 0.716. The molecule has 1 aliphatic rings. The highest BCUT2D eigenvalue weighted by Gasteiger charge is 2.24. The maximum Gasteiger partial charge on any atom is 0.225 e. The summed E-state index contributed by atoms with van der Waals surface area (Å²) in [5.41, 5.74) is 1.61. The Morgan fingerprint density at radius 1 is 1.27 bits per heavy atom. The monoisotopic (exact) mass is 355 g/mol. The molecule has 0 N–H and O–H groups in total.